The van der Waals surface area contributed by atoms with Crippen molar-refractivity contribution in [3.63, 3.8) is 0 Å². The monoisotopic (exact) mass is 458 g/mol. The zero-order chi connectivity index (χ0) is 23.7. The molecule has 0 bridgehead atoms. The van der Waals surface area contributed by atoms with E-state index in [1.165, 1.54) is 5.56 Å². The Kier molecular flexibility index (Phi) is 5.77. The van der Waals surface area contributed by atoms with Gasteiger partial charge in [0.25, 0.3) is 0 Å². The van der Waals surface area contributed by atoms with E-state index < -0.39 is 5.60 Å². The van der Waals surface area contributed by atoms with Gasteiger partial charge in [-0.1, -0.05) is 24.3 Å². The number of ether oxygens (including phenoxy) is 1. The van der Waals surface area contributed by atoms with E-state index in [-0.39, 0.29) is 6.09 Å². The molecule has 5 rings (SSSR count). The molecule has 7 nitrogen and oxygen atoms in total. The SMILES string of the molecule is CC(C)(C)OC(=O)N1CCN(c2cccc(Cn3c(-c4ccco4)nc4ccccc43)c2)CC1. The van der Waals surface area contributed by atoms with Crippen molar-refractivity contribution in [3.8, 4) is 11.6 Å². The first-order valence-electron chi connectivity index (χ1n) is 11.7. The number of anilines is 1. The van der Waals surface area contributed by atoms with Gasteiger partial charge in [0.1, 0.15) is 5.60 Å². The van der Waals surface area contributed by atoms with Crippen LogP contribution in [0.1, 0.15) is 26.3 Å². The van der Waals surface area contributed by atoms with Crippen LogP contribution in [0.15, 0.2) is 71.3 Å². The first-order valence-corrected chi connectivity index (χ1v) is 11.7. The fraction of sp³-hybridized carbons (Fsp3) is 0.333. The third kappa shape index (κ3) is 4.64. The van der Waals surface area contributed by atoms with E-state index >= 15 is 0 Å². The maximum absolute atomic E-state index is 12.4. The van der Waals surface area contributed by atoms with E-state index in [0.717, 1.165) is 41.4 Å². The molecule has 0 radical (unpaired) electrons. The Bertz CT molecular complexity index is 1280. The van der Waals surface area contributed by atoms with E-state index in [0.29, 0.717) is 19.6 Å². The van der Waals surface area contributed by atoms with Crippen LogP contribution in [0.4, 0.5) is 10.5 Å². The number of para-hydroxylation sites is 2. The van der Waals surface area contributed by atoms with Gasteiger partial charge < -0.3 is 23.5 Å². The molecule has 0 unspecified atom stereocenters. The second kappa shape index (κ2) is 8.89. The number of fused-ring (bicyclic) bond motifs is 1. The predicted molar refractivity (Wildman–Crippen MR) is 133 cm³/mol. The molecule has 2 aromatic heterocycles. The lowest BCUT2D eigenvalue weighted by Gasteiger charge is -2.36. The predicted octanol–water partition coefficient (Wildman–Crippen LogP) is 5.40. The molecule has 0 saturated carbocycles. The van der Waals surface area contributed by atoms with Crippen molar-refractivity contribution in [2.75, 3.05) is 31.1 Å². The number of hydrogen-bond donors (Lipinski definition) is 0. The first kappa shape index (κ1) is 22.1. The molecule has 0 atom stereocenters. The number of furan rings is 1. The topological polar surface area (TPSA) is 63.7 Å². The van der Waals surface area contributed by atoms with Gasteiger partial charge in [-0.2, -0.15) is 0 Å². The summed E-state index contributed by atoms with van der Waals surface area (Å²) in [4.78, 5) is 21.3. The van der Waals surface area contributed by atoms with E-state index in [2.05, 4.69) is 39.8 Å². The molecule has 176 valence electrons. The number of imidazole rings is 1. The number of amides is 1. The summed E-state index contributed by atoms with van der Waals surface area (Å²) < 4.78 is 13.4. The van der Waals surface area contributed by atoms with Gasteiger partial charge in [0.2, 0.25) is 0 Å². The molecule has 7 heteroatoms. The second-order valence-corrected chi connectivity index (χ2v) is 9.61. The number of carbonyl (C=O) groups excluding carboxylic acids is 1. The molecule has 1 aliphatic heterocycles. The van der Waals surface area contributed by atoms with Crippen LogP contribution in [0.25, 0.3) is 22.6 Å². The molecule has 1 fully saturated rings. The molecule has 0 spiro atoms. The minimum absolute atomic E-state index is 0.238. The molecular weight excluding hydrogens is 428 g/mol. The normalized spacial score (nSPS) is 14.6. The average molecular weight is 459 g/mol. The highest BCUT2D eigenvalue weighted by atomic mass is 16.6. The summed E-state index contributed by atoms with van der Waals surface area (Å²) in [7, 11) is 0. The van der Waals surface area contributed by atoms with Crippen LogP contribution in [-0.4, -0.2) is 52.3 Å². The Hall–Kier alpha value is -3.74. The fourth-order valence-electron chi connectivity index (χ4n) is 4.34. The van der Waals surface area contributed by atoms with Crippen LogP contribution < -0.4 is 4.90 Å². The molecule has 3 heterocycles. The lowest BCUT2D eigenvalue weighted by atomic mass is 10.1. The van der Waals surface area contributed by atoms with Crippen molar-refractivity contribution in [1.29, 1.82) is 0 Å². The molecule has 1 amide bonds. The molecule has 34 heavy (non-hydrogen) atoms. The van der Waals surface area contributed by atoms with E-state index in [1.807, 2.05) is 51.1 Å². The van der Waals surface area contributed by atoms with Gasteiger partial charge in [-0.05, 0) is 62.7 Å². The fourth-order valence-corrected chi connectivity index (χ4v) is 4.34. The second-order valence-electron chi connectivity index (χ2n) is 9.61. The van der Waals surface area contributed by atoms with Crippen molar-refractivity contribution in [2.24, 2.45) is 0 Å². The highest BCUT2D eigenvalue weighted by Crippen LogP contribution is 2.27. The summed E-state index contributed by atoms with van der Waals surface area (Å²) in [5.41, 5.74) is 3.89. The maximum atomic E-state index is 12.4. The van der Waals surface area contributed by atoms with Crippen molar-refractivity contribution < 1.29 is 13.9 Å². The van der Waals surface area contributed by atoms with E-state index in [9.17, 15) is 4.79 Å². The smallest absolute Gasteiger partial charge is 0.410 e. The third-order valence-corrected chi connectivity index (χ3v) is 5.94. The highest BCUT2D eigenvalue weighted by Gasteiger charge is 2.26. The Morgan fingerprint density at radius 2 is 1.79 bits per heavy atom. The number of carbonyl (C=O) groups is 1. The van der Waals surface area contributed by atoms with Crippen molar-refractivity contribution >= 4 is 22.8 Å². The zero-order valence-electron chi connectivity index (χ0n) is 19.9. The molecule has 1 saturated heterocycles. The van der Waals surface area contributed by atoms with Crippen molar-refractivity contribution in [2.45, 2.75) is 32.9 Å². The summed E-state index contributed by atoms with van der Waals surface area (Å²) in [6, 6.07) is 20.6. The van der Waals surface area contributed by atoms with Crippen LogP contribution in [0.2, 0.25) is 0 Å². The molecule has 0 aliphatic carbocycles. The summed E-state index contributed by atoms with van der Waals surface area (Å²) >= 11 is 0. The number of hydrogen-bond acceptors (Lipinski definition) is 5. The number of nitrogens with zero attached hydrogens (tertiary/aromatic N) is 4. The largest absolute Gasteiger partial charge is 0.461 e. The molecule has 0 N–H and O–H groups in total. The van der Waals surface area contributed by atoms with Crippen LogP contribution in [-0.2, 0) is 11.3 Å². The number of aromatic nitrogens is 2. The maximum Gasteiger partial charge on any atom is 0.410 e. The highest BCUT2D eigenvalue weighted by molar-refractivity contribution is 5.80. The van der Waals surface area contributed by atoms with Gasteiger partial charge >= 0.3 is 6.09 Å². The van der Waals surface area contributed by atoms with Gasteiger partial charge in [0.15, 0.2) is 11.6 Å². The minimum atomic E-state index is -0.478. The van der Waals surface area contributed by atoms with Crippen LogP contribution in [0, 0.1) is 0 Å². The Balaban J connectivity index is 1.34. The zero-order valence-corrected chi connectivity index (χ0v) is 19.9. The van der Waals surface area contributed by atoms with E-state index in [1.54, 1.807) is 11.2 Å². The summed E-state index contributed by atoms with van der Waals surface area (Å²) in [6.45, 7) is 9.21. The lowest BCUT2D eigenvalue weighted by molar-refractivity contribution is 0.0240. The van der Waals surface area contributed by atoms with Gasteiger partial charge in [0.05, 0.1) is 17.3 Å². The number of benzene rings is 2. The standard InChI is InChI=1S/C27H30N4O3/c1-27(2,3)34-26(32)30-15-13-29(14-16-30)21-9-6-8-20(18-21)19-31-23-11-5-4-10-22(23)28-25(31)24-12-7-17-33-24/h4-12,17-18H,13-16,19H2,1-3H3. The van der Waals surface area contributed by atoms with Crippen molar-refractivity contribution in [3.05, 3.63) is 72.5 Å². The van der Waals surface area contributed by atoms with Crippen LogP contribution in [0.3, 0.4) is 0 Å². The summed E-state index contributed by atoms with van der Waals surface area (Å²) in [5, 5.41) is 0. The molecular formula is C27H30N4O3. The van der Waals surface area contributed by atoms with Gasteiger partial charge in [-0.25, -0.2) is 9.78 Å². The van der Waals surface area contributed by atoms with Crippen LogP contribution in [0.5, 0.6) is 0 Å². The number of rotatable bonds is 4. The summed E-state index contributed by atoms with van der Waals surface area (Å²) in [5.74, 6) is 1.58. The molecule has 2 aromatic carbocycles. The number of piperazine rings is 1. The first-order chi connectivity index (χ1) is 16.4. The molecule has 1 aliphatic rings. The Labute approximate surface area is 199 Å². The van der Waals surface area contributed by atoms with Crippen LogP contribution >= 0.6 is 0 Å². The van der Waals surface area contributed by atoms with Gasteiger partial charge in [-0.3, -0.25) is 0 Å². The molecule has 4 aromatic rings. The third-order valence-electron chi connectivity index (χ3n) is 5.94. The van der Waals surface area contributed by atoms with Crippen molar-refractivity contribution in [1.82, 2.24) is 14.5 Å². The van der Waals surface area contributed by atoms with Gasteiger partial charge in [0, 0.05) is 38.4 Å². The van der Waals surface area contributed by atoms with E-state index in [4.69, 9.17) is 14.1 Å². The minimum Gasteiger partial charge on any atom is -0.461 e. The quantitative estimate of drug-likeness (QED) is 0.410. The lowest BCUT2D eigenvalue weighted by Crippen LogP contribution is -2.50. The van der Waals surface area contributed by atoms with Gasteiger partial charge in [-0.15, -0.1) is 0 Å². The average Bonchev–Trinajstić information content (AvgIpc) is 3.47. The Morgan fingerprint density at radius 1 is 1.00 bits per heavy atom. The summed E-state index contributed by atoms with van der Waals surface area (Å²) in [6.07, 6.45) is 1.44. The Morgan fingerprint density at radius 3 is 2.53 bits per heavy atom.